The van der Waals surface area contributed by atoms with E-state index in [1.54, 1.807) is 0 Å². The van der Waals surface area contributed by atoms with Crippen LogP contribution in [0.15, 0.2) is 0 Å². The van der Waals surface area contributed by atoms with Crippen molar-refractivity contribution in [2.75, 3.05) is 0 Å². The molecule has 0 aromatic heterocycles. The maximum absolute atomic E-state index is 12.4. The molecule has 0 N–H and O–H groups in total. The van der Waals surface area contributed by atoms with Gasteiger partial charge in [-0.15, -0.1) is 0 Å². The van der Waals surface area contributed by atoms with Crippen molar-refractivity contribution in [3.8, 4) is 0 Å². The molecule has 0 aromatic carbocycles. The van der Waals surface area contributed by atoms with Crippen LogP contribution in [0.5, 0.6) is 0 Å². The maximum Gasteiger partial charge on any atom is 1.00 e. The molecular formula is C5H5F6KO3S. The third kappa shape index (κ3) is 5.64. The third-order valence-electron chi connectivity index (χ3n) is 1.38. The van der Waals surface area contributed by atoms with E-state index in [1.807, 2.05) is 0 Å². The molecule has 0 spiro atoms. The van der Waals surface area contributed by atoms with Gasteiger partial charge in [0.15, 0.2) is 18.5 Å². The molecule has 0 bridgehead atoms. The van der Waals surface area contributed by atoms with Crippen molar-refractivity contribution in [2.45, 2.75) is 30.4 Å². The van der Waals surface area contributed by atoms with Gasteiger partial charge in [0.05, 0.1) is 0 Å². The second-order valence-corrected chi connectivity index (χ2v) is 3.95. The Morgan fingerprint density at radius 2 is 1.19 bits per heavy atom. The molecule has 0 aliphatic rings. The predicted octanol–water partition coefficient (Wildman–Crippen LogP) is -1.89. The van der Waals surface area contributed by atoms with Crippen molar-refractivity contribution in [3.63, 3.8) is 0 Å². The zero-order chi connectivity index (χ0) is 12.4. The molecule has 0 rings (SSSR count). The standard InChI is InChI=1S/C5H6F6O3S.K/c6-1(2(7)4(9)10)3(8)5(11)15(12,13)14;/h1-5H,(H,12,13,14);/q;+1/p-1. The van der Waals surface area contributed by atoms with Crippen molar-refractivity contribution >= 4 is 10.1 Å². The number of alkyl halides is 6. The van der Waals surface area contributed by atoms with Crippen LogP contribution in [0.2, 0.25) is 0 Å². The Labute approximate surface area is 130 Å². The Bertz CT molecular complexity index is 299. The molecule has 0 aliphatic carbocycles. The van der Waals surface area contributed by atoms with Crippen LogP contribution < -0.4 is 51.4 Å². The van der Waals surface area contributed by atoms with Crippen molar-refractivity contribution in [1.82, 2.24) is 0 Å². The van der Waals surface area contributed by atoms with E-state index in [9.17, 15) is 39.3 Å². The van der Waals surface area contributed by atoms with E-state index >= 15 is 0 Å². The van der Waals surface area contributed by atoms with Gasteiger partial charge in [0, 0.05) is 0 Å². The first-order chi connectivity index (χ1) is 6.59. The molecule has 0 radical (unpaired) electrons. The smallest absolute Gasteiger partial charge is 0.746 e. The number of hydrogen-bond donors (Lipinski definition) is 0. The van der Waals surface area contributed by atoms with Crippen LogP contribution in [-0.4, -0.2) is 43.4 Å². The van der Waals surface area contributed by atoms with Crippen LogP contribution in [0.4, 0.5) is 26.3 Å². The van der Waals surface area contributed by atoms with E-state index in [4.69, 9.17) is 0 Å². The monoisotopic (exact) mass is 298 g/mol. The maximum atomic E-state index is 12.4. The summed E-state index contributed by atoms with van der Waals surface area (Å²) in [5.41, 5.74) is -3.91. The molecule has 4 unspecified atom stereocenters. The molecular weight excluding hydrogens is 293 g/mol. The predicted molar refractivity (Wildman–Crippen MR) is 35.3 cm³/mol. The second-order valence-electron chi connectivity index (χ2n) is 2.51. The quantitative estimate of drug-likeness (QED) is 0.339. The summed E-state index contributed by atoms with van der Waals surface area (Å²) >= 11 is 0. The summed E-state index contributed by atoms with van der Waals surface area (Å²) in [6.45, 7) is 0. The van der Waals surface area contributed by atoms with Crippen LogP contribution in [0.25, 0.3) is 0 Å². The Kier molecular flexibility index (Phi) is 9.17. The van der Waals surface area contributed by atoms with E-state index in [0.717, 1.165) is 0 Å². The van der Waals surface area contributed by atoms with Gasteiger partial charge >= 0.3 is 51.4 Å². The summed E-state index contributed by atoms with van der Waals surface area (Å²) in [7, 11) is -5.85. The average molecular weight is 298 g/mol. The largest absolute Gasteiger partial charge is 1.00 e. The fourth-order valence-corrected chi connectivity index (χ4v) is 1.09. The summed E-state index contributed by atoms with van der Waals surface area (Å²) in [6, 6.07) is 0. The van der Waals surface area contributed by atoms with Crippen LogP contribution in [0.1, 0.15) is 0 Å². The van der Waals surface area contributed by atoms with Gasteiger partial charge < -0.3 is 4.55 Å². The molecule has 92 valence electrons. The van der Waals surface area contributed by atoms with Gasteiger partial charge in [0.2, 0.25) is 5.50 Å². The van der Waals surface area contributed by atoms with Gasteiger partial charge in [-0.25, -0.2) is 34.8 Å². The van der Waals surface area contributed by atoms with E-state index < -0.39 is 40.6 Å². The Balaban J connectivity index is 0. The first-order valence-corrected chi connectivity index (χ1v) is 4.85. The van der Waals surface area contributed by atoms with E-state index in [0.29, 0.717) is 0 Å². The Morgan fingerprint density at radius 3 is 1.44 bits per heavy atom. The van der Waals surface area contributed by atoms with Gasteiger partial charge in [-0.1, -0.05) is 0 Å². The molecule has 0 aromatic rings. The molecule has 0 saturated heterocycles. The van der Waals surface area contributed by atoms with Crippen LogP contribution in [0, 0.1) is 0 Å². The number of halogens is 6. The minimum absolute atomic E-state index is 0. The van der Waals surface area contributed by atoms with Crippen LogP contribution in [0.3, 0.4) is 0 Å². The molecule has 0 amide bonds. The minimum atomic E-state index is -5.85. The summed E-state index contributed by atoms with van der Waals surface area (Å²) in [5, 5.41) is 0. The SMILES string of the molecule is O=S(=O)([O-])C(F)C(F)C(F)C(F)C(F)F.[K+]. The fourth-order valence-electron chi connectivity index (χ4n) is 0.618. The summed E-state index contributed by atoms with van der Waals surface area (Å²) in [5.74, 6) is 0. The zero-order valence-electron chi connectivity index (χ0n) is 7.79. The van der Waals surface area contributed by atoms with Crippen molar-refractivity contribution in [3.05, 3.63) is 0 Å². The van der Waals surface area contributed by atoms with Gasteiger partial charge in [0.25, 0.3) is 6.43 Å². The minimum Gasteiger partial charge on any atom is -0.746 e. The molecule has 3 nitrogen and oxygen atoms in total. The molecule has 0 saturated carbocycles. The first-order valence-electron chi connectivity index (χ1n) is 3.38. The van der Waals surface area contributed by atoms with Gasteiger partial charge in [-0.2, -0.15) is 0 Å². The topological polar surface area (TPSA) is 57.2 Å². The summed E-state index contributed by atoms with van der Waals surface area (Å²) < 4.78 is 101. The van der Waals surface area contributed by atoms with E-state index in [-0.39, 0.29) is 51.4 Å². The second kappa shape index (κ2) is 7.54. The van der Waals surface area contributed by atoms with Crippen molar-refractivity contribution < 1.29 is 90.7 Å². The van der Waals surface area contributed by atoms with Gasteiger partial charge in [-0.05, 0) is 0 Å². The Morgan fingerprint density at radius 1 is 0.812 bits per heavy atom. The van der Waals surface area contributed by atoms with Crippen LogP contribution >= 0.6 is 0 Å². The fraction of sp³-hybridized carbons (Fsp3) is 1.00. The normalized spacial score (nSPS) is 19.8. The first kappa shape index (κ1) is 19.5. The molecule has 16 heavy (non-hydrogen) atoms. The van der Waals surface area contributed by atoms with Crippen molar-refractivity contribution in [2.24, 2.45) is 0 Å². The molecule has 11 heteroatoms. The third-order valence-corrected chi connectivity index (χ3v) is 2.19. The molecule has 4 atom stereocenters. The van der Waals surface area contributed by atoms with Gasteiger partial charge in [0.1, 0.15) is 10.1 Å². The average Bonchev–Trinajstić information content (AvgIpc) is 2.11. The van der Waals surface area contributed by atoms with E-state index in [2.05, 4.69) is 0 Å². The summed E-state index contributed by atoms with van der Waals surface area (Å²) in [4.78, 5) is 0. The number of hydrogen-bond acceptors (Lipinski definition) is 3. The number of rotatable bonds is 5. The molecule has 0 fully saturated rings. The summed E-state index contributed by atoms with van der Waals surface area (Å²) in [6.07, 6.45) is -15.1. The van der Waals surface area contributed by atoms with Gasteiger partial charge in [-0.3, -0.25) is 0 Å². The zero-order valence-corrected chi connectivity index (χ0v) is 11.7. The molecule has 0 heterocycles. The van der Waals surface area contributed by atoms with Crippen LogP contribution in [-0.2, 0) is 10.1 Å². The molecule has 0 aliphatic heterocycles. The van der Waals surface area contributed by atoms with Crippen molar-refractivity contribution in [1.29, 1.82) is 0 Å². The van der Waals surface area contributed by atoms with E-state index in [1.165, 1.54) is 0 Å². The Hall–Kier alpha value is 1.13.